The molecule has 2 saturated heterocycles. The molecule has 0 radical (unpaired) electrons. The third-order valence-electron chi connectivity index (χ3n) is 5.51. The Morgan fingerprint density at radius 3 is 2.57 bits per heavy atom. The number of amides is 2. The van der Waals surface area contributed by atoms with Crippen LogP contribution >= 0.6 is 0 Å². The smallest absolute Gasteiger partial charge is 0.253 e. The zero-order chi connectivity index (χ0) is 19.3. The molecule has 0 spiro atoms. The molecule has 2 aliphatic heterocycles. The van der Waals surface area contributed by atoms with Crippen molar-refractivity contribution in [2.45, 2.75) is 19.4 Å². The molecule has 148 valence electrons. The number of rotatable bonds is 4. The number of nitrogens with zero attached hydrogens (tertiary/aromatic N) is 4. The van der Waals surface area contributed by atoms with Gasteiger partial charge in [-0.05, 0) is 30.5 Å². The molecular weight excluding hydrogens is 356 g/mol. The number of hydrogen-bond acceptors (Lipinski definition) is 4. The molecule has 1 aromatic carbocycles. The predicted molar refractivity (Wildman–Crippen MR) is 104 cm³/mol. The van der Waals surface area contributed by atoms with Gasteiger partial charge in [0.05, 0.1) is 25.5 Å². The minimum Gasteiger partial charge on any atom is -0.378 e. The lowest BCUT2D eigenvalue weighted by Gasteiger charge is -2.36. The third-order valence-corrected chi connectivity index (χ3v) is 5.51. The minimum atomic E-state index is -0.101. The molecule has 0 saturated carbocycles. The molecule has 2 amide bonds. The number of likely N-dealkylation sites (tertiary alicyclic amines) is 1. The van der Waals surface area contributed by atoms with E-state index >= 15 is 0 Å². The molecule has 7 nitrogen and oxygen atoms in total. The fourth-order valence-electron chi connectivity index (χ4n) is 3.93. The molecular formula is C21H26N4O3. The van der Waals surface area contributed by atoms with Gasteiger partial charge in [-0.3, -0.25) is 9.59 Å². The first-order chi connectivity index (χ1) is 13.7. The molecule has 4 rings (SSSR count). The molecule has 0 N–H and O–H groups in total. The van der Waals surface area contributed by atoms with E-state index in [0.29, 0.717) is 45.0 Å². The van der Waals surface area contributed by atoms with Crippen LogP contribution in [0, 0.1) is 5.92 Å². The van der Waals surface area contributed by atoms with E-state index in [1.165, 1.54) is 0 Å². The molecule has 1 unspecified atom stereocenters. The summed E-state index contributed by atoms with van der Waals surface area (Å²) in [7, 11) is 0. The molecule has 28 heavy (non-hydrogen) atoms. The average molecular weight is 382 g/mol. The number of morpholine rings is 1. The summed E-state index contributed by atoms with van der Waals surface area (Å²) in [5, 5.41) is 0. The van der Waals surface area contributed by atoms with Gasteiger partial charge in [0.15, 0.2) is 0 Å². The Balaban J connectivity index is 1.37. The molecule has 1 aromatic heterocycles. The van der Waals surface area contributed by atoms with Gasteiger partial charge < -0.3 is 19.1 Å². The highest BCUT2D eigenvalue weighted by atomic mass is 16.5. The Morgan fingerprint density at radius 2 is 1.86 bits per heavy atom. The molecule has 2 aromatic rings. The van der Waals surface area contributed by atoms with Crippen molar-refractivity contribution in [3.05, 3.63) is 54.1 Å². The summed E-state index contributed by atoms with van der Waals surface area (Å²) in [6.07, 6.45) is 7.16. The zero-order valence-corrected chi connectivity index (χ0v) is 16.0. The summed E-state index contributed by atoms with van der Waals surface area (Å²) in [6.45, 7) is 4.46. The van der Waals surface area contributed by atoms with Crippen molar-refractivity contribution < 1.29 is 14.3 Å². The lowest BCUT2D eigenvalue weighted by atomic mass is 9.95. The van der Waals surface area contributed by atoms with Gasteiger partial charge in [0.1, 0.15) is 0 Å². The van der Waals surface area contributed by atoms with E-state index in [4.69, 9.17) is 4.74 Å². The van der Waals surface area contributed by atoms with Gasteiger partial charge in [0.2, 0.25) is 5.91 Å². The lowest BCUT2D eigenvalue weighted by Crippen LogP contribution is -2.49. The fraction of sp³-hybridized carbons (Fsp3) is 0.476. The van der Waals surface area contributed by atoms with E-state index in [1.54, 1.807) is 12.5 Å². The van der Waals surface area contributed by atoms with Gasteiger partial charge in [-0.25, -0.2) is 4.98 Å². The lowest BCUT2D eigenvalue weighted by molar-refractivity contribution is -0.141. The van der Waals surface area contributed by atoms with Crippen molar-refractivity contribution in [3.8, 4) is 0 Å². The summed E-state index contributed by atoms with van der Waals surface area (Å²) in [5.74, 6) is 0.0708. The largest absolute Gasteiger partial charge is 0.378 e. The maximum absolute atomic E-state index is 12.9. The second-order valence-electron chi connectivity index (χ2n) is 7.46. The number of hydrogen-bond donors (Lipinski definition) is 0. The number of carbonyl (C=O) groups is 2. The normalized spacial score (nSPS) is 20.2. The van der Waals surface area contributed by atoms with Gasteiger partial charge in [0, 0.05) is 50.7 Å². The van der Waals surface area contributed by atoms with Gasteiger partial charge in [-0.2, -0.15) is 0 Å². The first kappa shape index (κ1) is 18.7. The Kier molecular flexibility index (Phi) is 5.71. The first-order valence-electron chi connectivity index (χ1n) is 9.91. The van der Waals surface area contributed by atoms with E-state index in [0.717, 1.165) is 24.9 Å². The van der Waals surface area contributed by atoms with Crippen LogP contribution in [-0.2, 0) is 16.1 Å². The van der Waals surface area contributed by atoms with Crippen LogP contribution in [0.4, 0.5) is 0 Å². The molecule has 0 bridgehead atoms. The third kappa shape index (κ3) is 4.25. The molecule has 0 aliphatic carbocycles. The monoisotopic (exact) mass is 382 g/mol. The Bertz CT molecular complexity index is 798. The number of imidazole rings is 1. The minimum absolute atomic E-state index is 0.00802. The standard InChI is InChI=1S/C21H26N4O3/c26-20(18-5-3-17(4-6-18)14-23-9-7-22-16-23)25-8-1-2-19(15-25)21(27)24-10-12-28-13-11-24/h3-7,9,16,19H,1-2,8,10-15H2. The summed E-state index contributed by atoms with van der Waals surface area (Å²) < 4.78 is 7.32. The van der Waals surface area contributed by atoms with Crippen LogP contribution in [0.1, 0.15) is 28.8 Å². The first-order valence-corrected chi connectivity index (χ1v) is 9.91. The van der Waals surface area contributed by atoms with Gasteiger partial charge in [0.25, 0.3) is 5.91 Å². The number of carbonyl (C=O) groups excluding carboxylic acids is 2. The summed E-state index contributed by atoms with van der Waals surface area (Å²) >= 11 is 0. The van der Waals surface area contributed by atoms with Gasteiger partial charge >= 0.3 is 0 Å². The average Bonchev–Trinajstić information content (AvgIpc) is 3.27. The van der Waals surface area contributed by atoms with E-state index in [9.17, 15) is 9.59 Å². The number of ether oxygens (including phenoxy) is 1. The van der Waals surface area contributed by atoms with Gasteiger partial charge in [-0.15, -0.1) is 0 Å². The summed E-state index contributed by atoms with van der Waals surface area (Å²) in [4.78, 5) is 33.5. The van der Waals surface area contributed by atoms with E-state index in [-0.39, 0.29) is 17.7 Å². The van der Waals surface area contributed by atoms with Crippen LogP contribution in [0.25, 0.3) is 0 Å². The van der Waals surface area contributed by atoms with E-state index in [1.807, 2.05) is 44.8 Å². The SMILES string of the molecule is O=C(c1ccc(Cn2ccnc2)cc1)N1CCCC(C(=O)N2CCOCC2)C1. The topological polar surface area (TPSA) is 67.7 Å². The van der Waals surface area contributed by atoms with Crippen LogP contribution in [0.5, 0.6) is 0 Å². The summed E-state index contributed by atoms with van der Waals surface area (Å²) in [6, 6.07) is 7.71. The molecule has 3 heterocycles. The maximum atomic E-state index is 12.9. The molecule has 2 fully saturated rings. The van der Waals surface area contributed by atoms with Crippen molar-refractivity contribution >= 4 is 11.8 Å². The predicted octanol–water partition coefficient (Wildman–Crippen LogP) is 1.64. The van der Waals surface area contributed by atoms with Crippen molar-refractivity contribution in [3.63, 3.8) is 0 Å². The number of aromatic nitrogens is 2. The molecule has 1 atom stereocenters. The van der Waals surface area contributed by atoms with Crippen molar-refractivity contribution in [1.82, 2.24) is 19.4 Å². The van der Waals surface area contributed by atoms with Crippen LogP contribution in [0.2, 0.25) is 0 Å². The maximum Gasteiger partial charge on any atom is 0.253 e. The second kappa shape index (κ2) is 8.56. The Labute approximate surface area is 164 Å². The van der Waals surface area contributed by atoms with Crippen molar-refractivity contribution in [2.24, 2.45) is 5.92 Å². The highest BCUT2D eigenvalue weighted by Gasteiger charge is 2.32. The highest BCUT2D eigenvalue weighted by Crippen LogP contribution is 2.21. The quantitative estimate of drug-likeness (QED) is 0.806. The molecule has 2 aliphatic rings. The number of benzene rings is 1. The van der Waals surface area contributed by atoms with Crippen LogP contribution < -0.4 is 0 Å². The van der Waals surface area contributed by atoms with Crippen LogP contribution in [0.15, 0.2) is 43.0 Å². The van der Waals surface area contributed by atoms with E-state index in [2.05, 4.69) is 4.98 Å². The van der Waals surface area contributed by atoms with Gasteiger partial charge in [-0.1, -0.05) is 12.1 Å². The Hall–Kier alpha value is -2.67. The van der Waals surface area contributed by atoms with Crippen LogP contribution in [0.3, 0.4) is 0 Å². The second-order valence-corrected chi connectivity index (χ2v) is 7.46. The summed E-state index contributed by atoms with van der Waals surface area (Å²) in [5.41, 5.74) is 1.79. The van der Waals surface area contributed by atoms with Crippen molar-refractivity contribution in [2.75, 3.05) is 39.4 Å². The highest BCUT2D eigenvalue weighted by molar-refractivity contribution is 5.94. The number of piperidine rings is 1. The molecule has 7 heteroatoms. The van der Waals surface area contributed by atoms with E-state index < -0.39 is 0 Å². The van der Waals surface area contributed by atoms with Crippen molar-refractivity contribution in [1.29, 1.82) is 0 Å². The fourth-order valence-corrected chi connectivity index (χ4v) is 3.93. The zero-order valence-electron chi connectivity index (χ0n) is 16.0. The Morgan fingerprint density at radius 1 is 1.07 bits per heavy atom. The van der Waals surface area contributed by atoms with Crippen LogP contribution in [-0.4, -0.2) is 70.6 Å².